The Kier molecular flexibility index (Phi) is 6.41. The van der Waals surface area contributed by atoms with E-state index in [1.54, 1.807) is 12.1 Å². The van der Waals surface area contributed by atoms with Gasteiger partial charge in [0.05, 0.1) is 24.7 Å². The van der Waals surface area contributed by atoms with E-state index in [1.807, 2.05) is 67.6 Å². The van der Waals surface area contributed by atoms with Gasteiger partial charge in [0.1, 0.15) is 12.2 Å². The SMILES string of the molecule is CC1(c2ccc(C(NC(=O)C3CC(F)CN3C(=O)Cc3cc4ccccc4[nH]3)c3ccccc3)nc2F)CC1. The van der Waals surface area contributed by atoms with E-state index in [4.69, 9.17) is 0 Å². The highest BCUT2D eigenvalue weighted by atomic mass is 19.1. The summed E-state index contributed by atoms with van der Waals surface area (Å²) in [7, 11) is 0. The molecule has 4 aromatic rings. The molecule has 8 heteroatoms. The number of aromatic nitrogens is 2. The molecule has 39 heavy (non-hydrogen) atoms. The molecule has 2 fully saturated rings. The van der Waals surface area contributed by atoms with Crippen LogP contribution in [0.1, 0.15) is 54.7 Å². The van der Waals surface area contributed by atoms with Crippen molar-refractivity contribution < 1.29 is 18.4 Å². The highest BCUT2D eigenvalue weighted by molar-refractivity contribution is 5.90. The highest BCUT2D eigenvalue weighted by Crippen LogP contribution is 2.48. The number of nitrogens with zero attached hydrogens (tertiary/aromatic N) is 2. The molecule has 0 radical (unpaired) electrons. The number of alkyl halides is 1. The molecular formula is C31H30F2N4O2. The van der Waals surface area contributed by atoms with Gasteiger partial charge >= 0.3 is 0 Å². The Morgan fingerprint density at radius 2 is 1.85 bits per heavy atom. The average Bonchev–Trinajstić information content (AvgIpc) is 3.35. The second kappa shape index (κ2) is 9.91. The molecule has 3 atom stereocenters. The molecule has 2 N–H and O–H groups in total. The number of H-pyrrole nitrogens is 1. The van der Waals surface area contributed by atoms with E-state index in [0.29, 0.717) is 22.5 Å². The van der Waals surface area contributed by atoms with Crippen LogP contribution in [0.3, 0.4) is 0 Å². The van der Waals surface area contributed by atoms with Gasteiger partial charge in [-0.25, -0.2) is 9.37 Å². The Bertz CT molecular complexity index is 1500. The molecule has 1 aliphatic carbocycles. The van der Waals surface area contributed by atoms with E-state index >= 15 is 4.39 Å². The van der Waals surface area contributed by atoms with Crippen molar-refractivity contribution in [2.24, 2.45) is 0 Å². The largest absolute Gasteiger partial charge is 0.358 e. The minimum atomic E-state index is -1.31. The van der Waals surface area contributed by atoms with Crippen molar-refractivity contribution >= 4 is 22.7 Å². The lowest BCUT2D eigenvalue weighted by atomic mass is 9.97. The van der Waals surface area contributed by atoms with Crippen LogP contribution in [-0.2, 0) is 21.4 Å². The van der Waals surface area contributed by atoms with Crippen LogP contribution in [0.4, 0.5) is 8.78 Å². The molecule has 2 aromatic heterocycles. The molecule has 200 valence electrons. The molecule has 2 aromatic carbocycles. The maximum atomic E-state index is 15.1. The van der Waals surface area contributed by atoms with Gasteiger partial charge in [0.2, 0.25) is 17.8 Å². The number of aromatic amines is 1. The number of fused-ring (bicyclic) bond motifs is 1. The number of carbonyl (C=O) groups excluding carboxylic acids is 2. The zero-order valence-corrected chi connectivity index (χ0v) is 21.7. The minimum absolute atomic E-state index is 0.0281. The molecule has 6 nitrogen and oxygen atoms in total. The van der Waals surface area contributed by atoms with E-state index in [-0.39, 0.29) is 30.7 Å². The first-order valence-corrected chi connectivity index (χ1v) is 13.3. The third kappa shape index (κ3) is 5.03. The second-order valence-corrected chi connectivity index (χ2v) is 10.9. The smallest absolute Gasteiger partial charge is 0.243 e. The molecule has 1 aliphatic heterocycles. The summed E-state index contributed by atoms with van der Waals surface area (Å²) >= 11 is 0. The predicted octanol–water partition coefficient (Wildman–Crippen LogP) is 5.14. The summed E-state index contributed by atoms with van der Waals surface area (Å²) in [5.41, 5.74) is 3.07. The highest BCUT2D eigenvalue weighted by Gasteiger charge is 2.43. The number of halogens is 2. The quantitative estimate of drug-likeness (QED) is 0.326. The van der Waals surface area contributed by atoms with E-state index in [2.05, 4.69) is 15.3 Å². The van der Waals surface area contributed by atoms with Crippen LogP contribution >= 0.6 is 0 Å². The molecule has 2 aliphatic rings. The van der Waals surface area contributed by atoms with Gasteiger partial charge < -0.3 is 15.2 Å². The van der Waals surface area contributed by atoms with E-state index in [1.165, 1.54) is 4.90 Å². The Morgan fingerprint density at radius 3 is 2.56 bits per heavy atom. The van der Waals surface area contributed by atoms with Crippen molar-refractivity contribution in [1.29, 1.82) is 0 Å². The van der Waals surface area contributed by atoms with E-state index in [0.717, 1.165) is 23.7 Å². The summed E-state index contributed by atoms with van der Waals surface area (Å²) in [6, 6.07) is 20.5. The number of benzene rings is 2. The lowest BCUT2D eigenvalue weighted by molar-refractivity contribution is -0.138. The molecular weight excluding hydrogens is 498 g/mol. The molecule has 0 bridgehead atoms. The van der Waals surface area contributed by atoms with Crippen molar-refractivity contribution in [2.45, 2.75) is 56.3 Å². The number of pyridine rings is 1. The molecule has 3 heterocycles. The number of amides is 2. The number of rotatable bonds is 7. The van der Waals surface area contributed by atoms with Crippen molar-refractivity contribution in [2.75, 3.05) is 6.54 Å². The second-order valence-electron chi connectivity index (χ2n) is 10.9. The maximum absolute atomic E-state index is 15.1. The van der Waals surface area contributed by atoms with Gasteiger partial charge in [0.25, 0.3) is 0 Å². The van der Waals surface area contributed by atoms with Crippen LogP contribution in [-0.4, -0.2) is 45.4 Å². The van der Waals surface area contributed by atoms with Crippen LogP contribution in [0.25, 0.3) is 10.9 Å². The predicted molar refractivity (Wildman–Crippen MR) is 144 cm³/mol. The Morgan fingerprint density at radius 1 is 1.10 bits per heavy atom. The Hall–Kier alpha value is -4.07. The van der Waals surface area contributed by atoms with Gasteiger partial charge in [0.15, 0.2) is 0 Å². The molecule has 1 saturated heterocycles. The van der Waals surface area contributed by atoms with Gasteiger partial charge in [-0.15, -0.1) is 0 Å². The third-order valence-electron chi connectivity index (χ3n) is 8.04. The zero-order chi connectivity index (χ0) is 27.1. The monoisotopic (exact) mass is 528 g/mol. The van der Waals surface area contributed by atoms with Crippen LogP contribution in [0, 0.1) is 5.95 Å². The molecule has 6 rings (SSSR count). The summed E-state index contributed by atoms with van der Waals surface area (Å²) in [6.45, 7) is 1.87. The summed E-state index contributed by atoms with van der Waals surface area (Å²) in [4.78, 5) is 35.6. The Labute approximate surface area is 225 Å². The molecule has 1 saturated carbocycles. The summed E-state index contributed by atoms with van der Waals surface area (Å²) in [5.74, 6) is -1.36. The van der Waals surface area contributed by atoms with Gasteiger partial charge in [-0.1, -0.05) is 61.5 Å². The van der Waals surface area contributed by atoms with Gasteiger partial charge in [-0.05, 0) is 47.4 Å². The van der Waals surface area contributed by atoms with Crippen LogP contribution in [0.5, 0.6) is 0 Å². The van der Waals surface area contributed by atoms with Gasteiger partial charge in [0, 0.05) is 23.2 Å². The fourth-order valence-electron chi connectivity index (χ4n) is 5.53. The van der Waals surface area contributed by atoms with Crippen molar-refractivity contribution in [1.82, 2.24) is 20.2 Å². The number of hydrogen-bond acceptors (Lipinski definition) is 3. The van der Waals surface area contributed by atoms with Crippen molar-refractivity contribution in [3.05, 3.63) is 101 Å². The zero-order valence-electron chi connectivity index (χ0n) is 21.7. The standard InChI is InChI=1S/C31H30F2N4O2/c1-31(13-14-31)23-11-12-25(35-29(23)33)28(19-7-3-2-4-8-19)36-30(39)26-16-21(32)18-37(26)27(38)17-22-15-20-9-5-6-10-24(20)34-22/h2-12,15,21,26,28,34H,13-14,16-18H2,1H3,(H,36,39). The number of para-hydroxylation sites is 1. The number of likely N-dealkylation sites (tertiary alicyclic amines) is 1. The summed E-state index contributed by atoms with van der Waals surface area (Å²) in [5, 5.41) is 3.93. The lowest BCUT2D eigenvalue weighted by Gasteiger charge is -2.27. The van der Waals surface area contributed by atoms with Crippen molar-refractivity contribution in [3.8, 4) is 0 Å². The fraction of sp³-hybridized carbons (Fsp3) is 0.323. The van der Waals surface area contributed by atoms with E-state index in [9.17, 15) is 14.0 Å². The van der Waals surface area contributed by atoms with Gasteiger partial charge in [-0.2, -0.15) is 4.39 Å². The summed E-state index contributed by atoms with van der Waals surface area (Å²) in [6.07, 6.45) is 0.457. The maximum Gasteiger partial charge on any atom is 0.243 e. The Balaban J connectivity index is 1.24. The van der Waals surface area contributed by atoms with Crippen LogP contribution in [0.2, 0.25) is 0 Å². The number of hydrogen-bond donors (Lipinski definition) is 2. The topological polar surface area (TPSA) is 78.1 Å². The van der Waals surface area contributed by atoms with Crippen molar-refractivity contribution in [3.63, 3.8) is 0 Å². The number of nitrogens with one attached hydrogen (secondary N) is 2. The normalized spacial score (nSPS) is 20.6. The van der Waals surface area contributed by atoms with Crippen LogP contribution in [0.15, 0.2) is 72.8 Å². The van der Waals surface area contributed by atoms with Gasteiger partial charge in [-0.3, -0.25) is 9.59 Å². The average molecular weight is 529 g/mol. The van der Waals surface area contributed by atoms with E-state index < -0.39 is 30.1 Å². The molecule has 0 spiro atoms. The molecule has 3 unspecified atom stereocenters. The fourth-order valence-corrected chi connectivity index (χ4v) is 5.53. The third-order valence-corrected chi connectivity index (χ3v) is 8.04. The lowest BCUT2D eigenvalue weighted by Crippen LogP contribution is -2.47. The first-order valence-electron chi connectivity index (χ1n) is 13.3. The van der Waals surface area contributed by atoms with Crippen LogP contribution < -0.4 is 5.32 Å². The molecule has 2 amide bonds. The first-order chi connectivity index (χ1) is 18.8. The number of carbonyl (C=O) groups is 2. The summed E-state index contributed by atoms with van der Waals surface area (Å²) < 4.78 is 29.7. The first kappa shape index (κ1) is 25.2. The minimum Gasteiger partial charge on any atom is -0.358 e.